The lowest BCUT2D eigenvalue weighted by Gasteiger charge is -2.15. The van der Waals surface area contributed by atoms with Crippen LogP contribution < -0.4 is 5.32 Å². The zero-order valence-electron chi connectivity index (χ0n) is 11.3. The third kappa shape index (κ3) is 4.02. The van der Waals surface area contributed by atoms with Gasteiger partial charge in [0.15, 0.2) is 5.69 Å². The van der Waals surface area contributed by atoms with Gasteiger partial charge in [-0.3, -0.25) is 0 Å². The van der Waals surface area contributed by atoms with E-state index in [9.17, 15) is 30.4 Å². The van der Waals surface area contributed by atoms with E-state index in [2.05, 4.69) is 15.3 Å². The van der Waals surface area contributed by atoms with Crippen LogP contribution in [0.5, 0.6) is 0 Å². The average molecular weight is 345 g/mol. The van der Waals surface area contributed by atoms with Gasteiger partial charge in [-0.1, -0.05) is 0 Å². The molecule has 0 aromatic carbocycles. The molecule has 22 heavy (non-hydrogen) atoms. The summed E-state index contributed by atoms with van der Waals surface area (Å²) in [4.78, 5) is 6.44. The Balaban J connectivity index is 2.35. The predicted octanol–water partition coefficient (Wildman–Crippen LogP) is 2.50. The molecule has 1 fully saturated rings. The van der Waals surface area contributed by atoms with Crippen molar-refractivity contribution in [3.8, 4) is 0 Å². The molecular formula is C11H12F5N3O2S. The molecule has 1 aromatic heterocycles. The highest BCUT2D eigenvalue weighted by Gasteiger charge is 2.40. The van der Waals surface area contributed by atoms with Crippen molar-refractivity contribution < 1.29 is 30.4 Å². The van der Waals surface area contributed by atoms with Gasteiger partial charge in [-0.25, -0.2) is 27.2 Å². The molecule has 0 saturated heterocycles. The number of halogens is 5. The fourth-order valence-electron chi connectivity index (χ4n) is 2.09. The fourth-order valence-corrected chi connectivity index (χ4v) is 2.62. The molecule has 1 unspecified atom stereocenters. The number of hydrogen-bond donors (Lipinski definition) is 1. The van der Waals surface area contributed by atoms with Crippen molar-refractivity contribution in [3.05, 3.63) is 11.8 Å². The molecule has 0 radical (unpaired) electrons. The summed E-state index contributed by atoms with van der Waals surface area (Å²) in [7, 11) is -4.07. The van der Waals surface area contributed by atoms with Crippen LogP contribution in [0.3, 0.4) is 0 Å². The highest BCUT2D eigenvalue weighted by molar-refractivity contribution is 7.90. The smallest absolute Gasteiger partial charge is 0.367 e. The molecule has 0 bridgehead atoms. The van der Waals surface area contributed by atoms with E-state index in [1.165, 1.54) is 0 Å². The maximum Gasteiger partial charge on any atom is 0.433 e. The van der Waals surface area contributed by atoms with Crippen LogP contribution in [0.1, 0.15) is 25.0 Å². The Morgan fingerprint density at radius 3 is 2.41 bits per heavy atom. The molecule has 1 atom stereocenters. The van der Waals surface area contributed by atoms with E-state index in [1.54, 1.807) is 0 Å². The molecular weight excluding hydrogens is 333 g/mol. The van der Waals surface area contributed by atoms with E-state index in [-0.39, 0.29) is 12.8 Å². The maximum absolute atomic E-state index is 13.1. The lowest BCUT2D eigenvalue weighted by Crippen LogP contribution is -2.22. The predicted molar refractivity (Wildman–Crippen MR) is 66.4 cm³/mol. The summed E-state index contributed by atoms with van der Waals surface area (Å²) in [5.74, 6) is -3.33. The van der Waals surface area contributed by atoms with Gasteiger partial charge in [0.25, 0.3) is 0 Å². The summed E-state index contributed by atoms with van der Waals surface area (Å²) >= 11 is 0. The Morgan fingerprint density at radius 1 is 1.32 bits per heavy atom. The second-order valence-corrected chi connectivity index (χ2v) is 7.04. The minimum absolute atomic E-state index is 0.0482. The van der Waals surface area contributed by atoms with Gasteiger partial charge >= 0.3 is 6.18 Å². The molecule has 1 heterocycles. The Hall–Kier alpha value is -1.52. The number of alkyl halides is 5. The van der Waals surface area contributed by atoms with E-state index in [0.29, 0.717) is 12.3 Å². The molecule has 1 saturated carbocycles. The summed E-state index contributed by atoms with van der Waals surface area (Å²) in [5, 5.41) is 1.42. The van der Waals surface area contributed by atoms with Crippen LogP contribution in [0.4, 0.5) is 27.8 Å². The van der Waals surface area contributed by atoms with Gasteiger partial charge in [0.1, 0.15) is 5.82 Å². The van der Waals surface area contributed by atoms with Crippen LogP contribution in [-0.2, 0) is 16.0 Å². The van der Waals surface area contributed by atoms with Crippen molar-refractivity contribution in [1.29, 1.82) is 0 Å². The SMILES string of the molecule is CS(=O)(=O)c1nc(NC2CCC(F)(F)C2)cc(C(F)(F)F)n1. The molecule has 1 aromatic rings. The third-order valence-corrected chi connectivity index (χ3v) is 3.93. The summed E-state index contributed by atoms with van der Waals surface area (Å²) in [6.45, 7) is 0. The van der Waals surface area contributed by atoms with Crippen molar-refractivity contribution in [2.75, 3.05) is 11.6 Å². The maximum atomic E-state index is 13.1. The minimum Gasteiger partial charge on any atom is -0.367 e. The zero-order chi connectivity index (χ0) is 16.8. The Labute approximate surface area is 122 Å². The lowest BCUT2D eigenvalue weighted by atomic mass is 10.2. The highest BCUT2D eigenvalue weighted by Crippen LogP contribution is 2.36. The molecule has 1 aliphatic rings. The van der Waals surface area contributed by atoms with Gasteiger partial charge in [-0.15, -0.1) is 0 Å². The molecule has 1 N–H and O–H groups in total. The average Bonchev–Trinajstić information content (AvgIpc) is 2.66. The molecule has 11 heteroatoms. The van der Waals surface area contributed by atoms with E-state index >= 15 is 0 Å². The van der Waals surface area contributed by atoms with Gasteiger partial charge in [0, 0.05) is 31.2 Å². The third-order valence-electron chi connectivity index (χ3n) is 3.08. The van der Waals surface area contributed by atoms with Crippen molar-refractivity contribution >= 4 is 15.7 Å². The Kier molecular flexibility index (Phi) is 4.05. The quantitative estimate of drug-likeness (QED) is 0.673. The molecule has 0 aliphatic heterocycles. The van der Waals surface area contributed by atoms with Gasteiger partial charge in [0.05, 0.1) is 0 Å². The number of sulfone groups is 1. The second kappa shape index (κ2) is 5.28. The summed E-state index contributed by atoms with van der Waals surface area (Å²) < 4.78 is 87.1. The van der Waals surface area contributed by atoms with Crippen molar-refractivity contribution in [3.63, 3.8) is 0 Å². The number of anilines is 1. The van der Waals surface area contributed by atoms with Crippen LogP contribution in [0.15, 0.2) is 11.2 Å². The van der Waals surface area contributed by atoms with E-state index < -0.39 is 51.1 Å². The normalized spacial score (nSPS) is 21.8. The number of aromatic nitrogens is 2. The van der Waals surface area contributed by atoms with Crippen LogP contribution in [-0.4, -0.2) is 36.6 Å². The molecule has 5 nitrogen and oxygen atoms in total. The van der Waals surface area contributed by atoms with Crippen molar-refractivity contribution in [1.82, 2.24) is 9.97 Å². The van der Waals surface area contributed by atoms with Crippen LogP contribution >= 0.6 is 0 Å². The molecule has 2 rings (SSSR count). The molecule has 124 valence electrons. The molecule has 0 spiro atoms. The minimum atomic E-state index is -4.88. The summed E-state index contributed by atoms with van der Waals surface area (Å²) in [6, 6.07) is -0.274. The summed E-state index contributed by atoms with van der Waals surface area (Å²) in [5.41, 5.74) is -1.45. The monoisotopic (exact) mass is 345 g/mol. The van der Waals surface area contributed by atoms with E-state index in [0.717, 1.165) is 0 Å². The van der Waals surface area contributed by atoms with E-state index in [4.69, 9.17) is 0 Å². The Bertz CT molecular complexity index is 675. The van der Waals surface area contributed by atoms with Gasteiger partial charge in [-0.05, 0) is 6.42 Å². The zero-order valence-corrected chi connectivity index (χ0v) is 12.1. The second-order valence-electron chi connectivity index (χ2n) is 5.13. The molecule has 1 aliphatic carbocycles. The standard InChI is InChI=1S/C11H12F5N3O2S/c1-22(20,21)9-18-7(11(14,15)16)4-8(19-9)17-6-2-3-10(12,13)5-6/h4,6H,2-3,5H2,1H3,(H,17,18,19). The number of nitrogens with zero attached hydrogens (tertiary/aromatic N) is 2. The number of nitrogens with one attached hydrogen (secondary N) is 1. The largest absolute Gasteiger partial charge is 0.433 e. The van der Waals surface area contributed by atoms with Crippen molar-refractivity contribution in [2.45, 2.75) is 42.6 Å². The fraction of sp³-hybridized carbons (Fsp3) is 0.636. The molecule has 0 amide bonds. The Morgan fingerprint density at radius 2 is 1.95 bits per heavy atom. The van der Waals surface area contributed by atoms with E-state index in [1.807, 2.05) is 0 Å². The number of hydrogen-bond acceptors (Lipinski definition) is 5. The highest BCUT2D eigenvalue weighted by atomic mass is 32.2. The first-order valence-corrected chi connectivity index (χ1v) is 8.07. The van der Waals surface area contributed by atoms with Gasteiger partial charge in [-0.2, -0.15) is 13.2 Å². The first kappa shape index (κ1) is 16.8. The topological polar surface area (TPSA) is 72.0 Å². The van der Waals surface area contributed by atoms with Crippen LogP contribution in [0.2, 0.25) is 0 Å². The van der Waals surface area contributed by atoms with Crippen LogP contribution in [0.25, 0.3) is 0 Å². The van der Waals surface area contributed by atoms with Crippen LogP contribution in [0, 0.1) is 0 Å². The number of rotatable bonds is 3. The lowest BCUT2D eigenvalue weighted by molar-refractivity contribution is -0.141. The van der Waals surface area contributed by atoms with Gasteiger partial charge in [0.2, 0.25) is 20.9 Å². The first-order valence-electron chi connectivity index (χ1n) is 6.17. The van der Waals surface area contributed by atoms with Crippen molar-refractivity contribution in [2.24, 2.45) is 0 Å². The summed E-state index contributed by atoms with van der Waals surface area (Å²) in [6.07, 6.45) is -5.10. The first-order chi connectivity index (χ1) is 9.87. The van der Waals surface area contributed by atoms with Gasteiger partial charge < -0.3 is 5.32 Å².